The maximum atomic E-state index is 12.9. The molecule has 4 rings (SSSR count). The largest absolute Gasteiger partial charge is 0.439 e. The summed E-state index contributed by atoms with van der Waals surface area (Å²) in [5.41, 5.74) is 3.08. The zero-order valence-electron chi connectivity index (χ0n) is 20.5. The van der Waals surface area contributed by atoms with Crippen LogP contribution in [0, 0.1) is 19.3 Å². The van der Waals surface area contributed by atoms with E-state index in [0.29, 0.717) is 44.8 Å². The van der Waals surface area contributed by atoms with Crippen LogP contribution in [0.25, 0.3) is 10.3 Å². The first kappa shape index (κ1) is 24.9. The normalized spacial score (nSPS) is 11.1. The molecule has 0 bridgehead atoms. The Bertz CT molecular complexity index is 1500. The fourth-order valence-electron chi connectivity index (χ4n) is 3.35. The Morgan fingerprint density at radius 2 is 1.89 bits per heavy atom. The number of hydrogen-bond acceptors (Lipinski definition) is 6. The van der Waals surface area contributed by atoms with Crippen molar-refractivity contribution < 1.29 is 14.3 Å². The number of rotatable bonds is 7. The molecule has 0 radical (unpaired) electrons. The van der Waals surface area contributed by atoms with Gasteiger partial charge in [0.2, 0.25) is 11.8 Å². The van der Waals surface area contributed by atoms with E-state index in [-0.39, 0.29) is 11.8 Å². The molecule has 0 aliphatic carbocycles. The minimum absolute atomic E-state index is 0.105. The van der Waals surface area contributed by atoms with Crippen LogP contribution < -0.4 is 15.4 Å². The molecular formula is C28H26N4O3S. The molecule has 0 unspecified atom stereocenters. The Kier molecular flexibility index (Phi) is 7.04. The van der Waals surface area contributed by atoms with Crippen molar-refractivity contribution in [2.75, 3.05) is 10.6 Å². The number of carbonyl (C=O) groups excluding carboxylic acids is 2. The van der Waals surface area contributed by atoms with Gasteiger partial charge in [-0.05, 0) is 56.2 Å². The van der Waals surface area contributed by atoms with Crippen molar-refractivity contribution in [1.82, 2.24) is 9.97 Å². The molecule has 8 heteroatoms. The van der Waals surface area contributed by atoms with E-state index in [0.717, 1.165) is 11.1 Å². The van der Waals surface area contributed by atoms with Crippen molar-refractivity contribution in [3.8, 4) is 24.0 Å². The molecule has 0 fully saturated rings. The highest BCUT2D eigenvalue weighted by atomic mass is 32.1. The van der Waals surface area contributed by atoms with Gasteiger partial charge in [-0.3, -0.25) is 9.59 Å². The highest BCUT2D eigenvalue weighted by Gasteiger charge is 2.19. The SMILES string of the molecule is C#CC(C)(C)c1cccc(C(=O)Nc2ccc(C)c(Oc3ccc4nc(NC(=O)CC)sc4n3)c2)c1. The number of thiazole rings is 1. The average molecular weight is 499 g/mol. The molecule has 0 atom stereocenters. The Hall–Kier alpha value is -4.22. The molecule has 2 N–H and O–H groups in total. The van der Waals surface area contributed by atoms with Crippen molar-refractivity contribution >= 4 is 44.3 Å². The predicted molar refractivity (Wildman–Crippen MR) is 144 cm³/mol. The lowest BCUT2D eigenvalue weighted by Gasteiger charge is -2.18. The monoisotopic (exact) mass is 498 g/mol. The molecule has 2 aromatic carbocycles. The maximum Gasteiger partial charge on any atom is 0.255 e. The summed E-state index contributed by atoms with van der Waals surface area (Å²) in [5, 5.41) is 6.17. The smallest absolute Gasteiger partial charge is 0.255 e. The van der Waals surface area contributed by atoms with Gasteiger partial charge >= 0.3 is 0 Å². The van der Waals surface area contributed by atoms with Crippen molar-refractivity contribution in [1.29, 1.82) is 0 Å². The van der Waals surface area contributed by atoms with Gasteiger partial charge in [0.15, 0.2) is 5.13 Å². The first-order chi connectivity index (χ1) is 17.2. The Morgan fingerprint density at radius 3 is 2.64 bits per heavy atom. The molecule has 2 heterocycles. The molecule has 2 aromatic heterocycles. The molecule has 4 aromatic rings. The van der Waals surface area contributed by atoms with E-state index in [2.05, 4.69) is 26.5 Å². The first-order valence-corrected chi connectivity index (χ1v) is 12.3. The molecule has 0 aliphatic heterocycles. The average Bonchev–Trinajstić information content (AvgIpc) is 3.27. The van der Waals surface area contributed by atoms with Gasteiger partial charge in [0.1, 0.15) is 16.1 Å². The van der Waals surface area contributed by atoms with Crippen LogP contribution in [-0.2, 0) is 10.2 Å². The topological polar surface area (TPSA) is 93.2 Å². The van der Waals surface area contributed by atoms with E-state index in [9.17, 15) is 9.59 Å². The highest BCUT2D eigenvalue weighted by molar-refractivity contribution is 7.21. The zero-order valence-corrected chi connectivity index (χ0v) is 21.3. The molecule has 0 aliphatic rings. The molecule has 0 saturated heterocycles. The fraction of sp³-hybridized carbons (Fsp3) is 0.214. The lowest BCUT2D eigenvalue weighted by atomic mass is 9.85. The van der Waals surface area contributed by atoms with E-state index in [4.69, 9.17) is 11.2 Å². The van der Waals surface area contributed by atoms with Gasteiger partial charge in [-0.1, -0.05) is 42.4 Å². The van der Waals surface area contributed by atoms with Crippen LogP contribution in [0.5, 0.6) is 11.6 Å². The Labute approximate surface area is 213 Å². The number of aryl methyl sites for hydroxylation is 1. The summed E-state index contributed by atoms with van der Waals surface area (Å²) in [6, 6.07) is 16.3. The number of benzene rings is 2. The number of terminal acetylenes is 1. The Morgan fingerprint density at radius 1 is 1.08 bits per heavy atom. The summed E-state index contributed by atoms with van der Waals surface area (Å²) < 4.78 is 6.04. The van der Waals surface area contributed by atoms with Crippen molar-refractivity contribution in [3.05, 3.63) is 71.3 Å². The Balaban J connectivity index is 1.52. The summed E-state index contributed by atoms with van der Waals surface area (Å²) in [6.07, 6.45) is 6.02. The van der Waals surface area contributed by atoms with E-state index in [1.54, 1.807) is 31.2 Å². The predicted octanol–water partition coefficient (Wildman–Crippen LogP) is 6.30. The van der Waals surface area contributed by atoms with Crippen LogP contribution in [0.15, 0.2) is 54.6 Å². The second-order valence-corrected chi connectivity index (χ2v) is 9.76. The number of hydrogen-bond donors (Lipinski definition) is 2. The van der Waals surface area contributed by atoms with Crippen LogP contribution in [0.3, 0.4) is 0 Å². The third-order valence-electron chi connectivity index (χ3n) is 5.67. The summed E-state index contributed by atoms with van der Waals surface area (Å²) in [6.45, 7) is 7.57. The number of anilines is 2. The van der Waals surface area contributed by atoms with Gasteiger partial charge in [-0.2, -0.15) is 0 Å². The molecule has 7 nitrogen and oxygen atoms in total. The number of pyridine rings is 1. The van der Waals surface area contributed by atoms with Crippen LogP contribution in [-0.4, -0.2) is 21.8 Å². The van der Waals surface area contributed by atoms with Crippen LogP contribution in [0.1, 0.15) is 48.7 Å². The minimum atomic E-state index is -0.476. The molecule has 0 spiro atoms. The third kappa shape index (κ3) is 5.53. The van der Waals surface area contributed by atoms with Crippen LogP contribution in [0.4, 0.5) is 10.8 Å². The summed E-state index contributed by atoms with van der Waals surface area (Å²) in [5.74, 6) is 3.35. The number of carbonyl (C=O) groups is 2. The van der Waals surface area contributed by atoms with Crippen molar-refractivity contribution in [2.45, 2.75) is 39.5 Å². The number of ether oxygens (including phenoxy) is 1. The van der Waals surface area contributed by atoms with Gasteiger partial charge in [0, 0.05) is 29.8 Å². The van der Waals surface area contributed by atoms with Gasteiger partial charge in [-0.15, -0.1) is 6.42 Å². The van der Waals surface area contributed by atoms with Gasteiger partial charge in [-0.25, -0.2) is 9.97 Å². The van der Waals surface area contributed by atoms with E-state index in [1.165, 1.54) is 11.3 Å². The molecule has 0 saturated carbocycles. The number of nitrogens with one attached hydrogen (secondary N) is 2. The third-order valence-corrected chi connectivity index (χ3v) is 6.55. The van der Waals surface area contributed by atoms with Gasteiger partial charge in [0.05, 0.1) is 5.41 Å². The van der Waals surface area contributed by atoms with Crippen molar-refractivity contribution in [2.24, 2.45) is 0 Å². The number of fused-ring (bicyclic) bond motifs is 1. The fourth-order valence-corrected chi connectivity index (χ4v) is 4.20. The van der Waals surface area contributed by atoms with Gasteiger partial charge in [0.25, 0.3) is 5.91 Å². The summed E-state index contributed by atoms with van der Waals surface area (Å²) in [4.78, 5) is 34.1. The van der Waals surface area contributed by atoms with Gasteiger partial charge < -0.3 is 15.4 Å². The molecule has 2 amide bonds. The molecule has 36 heavy (non-hydrogen) atoms. The second-order valence-electron chi connectivity index (χ2n) is 8.78. The van der Waals surface area contributed by atoms with Crippen LogP contribution >= 0.6 is 11.3 Å². The van der Waals surface area contributed by atoms with Crippen LogP contribution in [0.2, 0.25) is 0 Å². The first-order valence-electron chi connectivity index (χ1n) is 11.4. The number of nitrogens with zero attached hydrogens (tertiary/aromatic N) is 2. The lowest BCUT2D eigenvalue weighted by Crippen LogP contribution is -2.17. The molecular weight excluding hydrogens is 472 g/mol. The van der Waals surface area contributed by atoms with E-state index in [1.807, 2.05) is 51.1 Å². The lowest BCUT2D eigenvalue weighted by molar-refractivity contribution is -0.115. The second kappa shape index (κ2) is 10.2. The standard InChI is InChI=1S/C28H26N4O3S/c1-6-23(33)31-27-30-21-13-14-24(32-26(21)36-27)35-22-16-20(12-11-17(22)3)29-25(34)18-9-8-10-19(15-18)28(4,5)7-2/h2,8-16H,6H2,1,3-5H3,(H,29,34)(H,30,31,33). The summed E-state index contributed by atoms with van der Waals surface area (Å²) in [7, 11) is 0. The number of amides is 2. The van der Waals surface area contributed by atoms with E-state index >= 15 is 0 Å². The maximum absolute atomic E-state index is 12.9. The number of aromatic nitrogens is 2. The highest BCUT2D eigenvalue weighted by Crippen LogP contribution is 2.31. The minimum Gasteiger partial charge on any atom is -0.439 e. The quantitative estimate of drug-likeness (QED) is 0.292. The van der Waals surface area contributed by atoms with E-state index < -0.39 is 5.41 Å². The summed E-state index contributed by atoms with van der Waals surface area (Å²) >= 11 is 1.28. The molecule has 182 valence electrons. The van der Waals surface area contributed by atoms with Crippen molar-refractivity contribution in [3.63, 3.8) is 0 Å². The zero-order chi connectivity index (χ0) is 25.9.